The van der Waals surface area contributed by atoms with E-state index in [1.165, 1.54) is 23.5 Å². The van der Waals surface area contributed by atoms with Crippen molar-refractivity contribution in [2.75, 3.05) is 24.6 Å². The fourth-order valence-electron chi connectivity index (χ4n) is 3.33. The van der Waals surface area contributed by atoms with Gasteiger partial charge in [0.05, 0.1) is 18.6 Å². The molecule has 0 aromatic carbocycles. The molecule has 0 saturated carbocycles. The minimum atomic E-state index is -0.483. The van der Waals surface area contributed by atoms with Crippen molar-refractivity contribution >= 4 is 33.8 Å². The highest BCUT2D eigenvalue weighted by Crippen LogP contribution is 2.35. The van der Waals surface area contributed by atoms with Crippen LogP contribution in [0, 0.1) is 10.8 Å². The van der Waals surface area contributed by atoms with Gasteiger partial charge in [-0.3, -0.25) is 14.5 Å². The van der Waals surface area contributed by atoms with Crippen LogP contribution >= 0.6 is 23.5 Å². The third kappa shape index (κ3) is 14.5. The Hall–Kier alpha value is -0.0800. The van der Waals surface area contributed by atoms with Gasteiger partial charge in [0.25, 0.3) is 0 Å². The zero-order valence-electron chi connectivity index (χ0n) is 19.9. The predicted molar refractivity (Wildman–Crippen MR) is 126 cm³/mol. The lowest BCUT2D eigenvalue weighted by molar-refractivity contribution is -0.117. The molecule has 0 spiro atoms. The highest BCUT2D eigenvalue weighted by molar-refractivity contribution is 8.15. The van der Waals surface area contributed by atoms with Gasteiger partial charge >= 0.3 is 0 Å². The molecule has 2 atom stereocenters. The van der Waals surface area contributed by atoms with E-state index in [4.69, 9.17) is 0 Å². The van der Waals surface area contributed by atoms with Crippen LogP contribution in [0.5, 0.6) is 0 Å². The Kier molecular flexibility index (Phi) is 12.1. The molecule has 0 amide bonds. The smallest absolute Gasteiger partial charge is 0.197 e. The number of hydrogen-bond donors (Lipinski definition) is 2. The van der Waals surface area contributed by atoms with Gasteiger partial charge in [0.15, 0.2) is 10.2 Å². The predicted octanol–water partition coefficient (Wildman–Crippen LogP) is 4.20. The van der Waals surface area contributed by atoms with Crippen molar-refractivity contribution < 1.29 is 19.8 Å². The lowest BCUT2D eigenvalue weighted by Gasteiger charge is -2.44. The van der Waals surface area contributed by atoms with Gasteiger partial charge in [-0.2, -0.15) is 0 Å². The Morgan fingerprint density at radius 3 is 1.62 bits per heavy atom. The van der Waals surface area contributed by atoms with Crippen molar-refractivity contribution in [3.63, 3.8) is 0 Å². The van der Waals surface area contributed by atoms with E-state index < -0.39 is 12.2 Å². The molecule has 0 aromatic heterocycles. The molecule has 0 aliphatic carbocycles. The number of aliphatic hydroxyl groups is 2. The first-order valence-electron chi connectivity index (χ1n) is 10.4. The molecule has 2 unspecified atom stereocenters. The van der Waals surface area contributed by atoms with Crippen molar-refractivity contribution in [3.05, 3.63) is 0 Å². The minimum absolute atomic E-state index is 0.0267. The Morgan fingerprint density at radius 1 is 0.828 bits per heavy atom. The Labute approximate surface area is 186 Å². The number of hydrogen-bond acceptors (Lipinski definition) is 7. The van der Waals surface area contributed by atoms with Crippen LogP contribution in [0.3, 0.4) is 0 Å². The SMILES string of the molecule is CC(O)CN(CC(C)O)C(C)(C)CC(C)(C)CSC(=O)CC(=O)SCC(C)(C)C. The van der Waals surface area contributed by atoms with E-state index in [0.717, 1.165) is 6.42 Å². The largest absolute Gasteiger partial charge is 0.392 e. The number of thioether (sulfide) groups is 2. The average molecular weight is 450 g/mol. The van der Waals surface area contributed by atoms with Crippen LogP contribution in [0.1, 0.15) is 75.2 Å². The van der Waals surface area contributed by atoms with Crippen LogP contribution in [0.2, 0.25) is 0 Å². The van der Waals surface area contributed by atoms with Crippen molar-refractivity contribution in [1.29, 1.82) is 0 Å². The molecule has 5 nitrogen and oxygen atoms in total. The van der Waals surface area contributed by atoms with Gasteiger partial charge in [-0.1, -0.05) is 58.1 Å². The van der Waals surface area contributed by atoms with Crippen LogP contribution < -0.4 is 0 Å². The summed E-state index contributed by atoms with van der Waals surface area (Å²) in [5.74, 6) is 1.34. The molecule has 0 aliphatic heterocycles. The quantitative estimate of drug-likeness (QED) is 0.432. The lowest BCUT2D eigenvalue weighted by atomic mass is 9.80. The molecule has 0 rings (SSSR count). The third-order valence-corrected chi connectivity index (χ3v) is 7.18. The van der Waals surface area contributed by atoms with Crippen molar-refractivity contribution in [2.24, 2.45) is 10.8 Å². The van der Waals surface area contributed by atoms with Gasteiger partial charge < -0.3 is 10.2 Å². The van der Waals surface area contributed by atoms with Crippen LogP contribution in [-0.4, -0.2) is 67.7 Å². The summed E-state index contributed by atoms with van der Waals surface area (Å²) in [6.45, 7) is 19.2. The van der Waals surface area contributed by atoms with Crippen LogP contribution in [0.4, 0.5) is 0 Å². The molecule has 0 aromatic rings. The second-order valence-electron chi connectivity index (χ2n) is 10.8. The summed E-state index contributed by atoms with van der Waals surface area (Å²) in [6.07, 6.45) is -0.194. The molecule has 0 aliphatic rings. The second kappa shape index (κ2) is 12.1. The zero-order chi connectivity index (χ0) is 23.0. The first-order chi connectivity index (χ1) is 12.9. The molecule has 172 valence electrons. The highest BCUT2D eigenvalue weighted by atomic mass is 32.2. The van der Waals surface area contributed by atoms with Crippen molar-refractivity contribution in [2.45, 2.75) is 92.9 Å². The van der Waals surface area contributed by atoms with Gasteiger partial charge in [0.1, 0.15) is 0 Å². The summed E-state index contributed by atoms with van der Waals surface area (Å²) >= 11 is 2.48. The van der Waals surface area contributed by atoms with E-state index in [1.54, 1.807) is 13.8 Å². The number of nitrogens with zero attached hydrogens (tertiary/aromatic N) is 1. The molecule has 2 N–H and O–H groups in total. The van der Waals surface area contributed by atoms with Gasteiger partial charge in [0.2, 0.25) is 0 Å². The summed E-state index contributed by atoms with van der Waals surface area (Å²) < 4.78 is 0. The van der Waals surface area contributed by atoms with E-state index >= 15 is 0 Å². The number of rotatable bonds is 12. The fourth-order valence-corrected chi connectivity index (χ4v) is 5.14. The summed E-state index contributed by atoms with van der Waals surface area (Å²) in [5, 5.41) is 19.6. The normalized spacial score (nSPS) is 15.4. The average Bonchev–Trinajstić information content (AvgIpc) is 2.48. The first-order valence-corrected chi connectivity index (χ1v) is 12.3. The lowest BCUT2D eigenvalue weighted by Crippen LogP contribution is -2.52. The maximum Gasteiger partial charge on any atom is 0.197 e. The van der Waals surface area contributed by atoms with Gasteiger partial charge in [-0.05, 0) is 44.9 Å². The molecule has 0 radical (unpaired) electrons. The molecule has 0 bridgehead atoms. The van der Waals surface area contributed by atoms with Crippen molar-refractivity contribution in [3.8, 4) is 0 Å². The van der Waals surface area contributed by atoms with E-state index in [1.807, 2.05) is 0 Å². The van der Waals surface area contributed by atoms with E-state index in [2.05, 4.69) is 53.4 Å². The second-order valence-corrected chi connectivity index (χ2v) is 12.9. The molecule has 0 saturated heterocycles. The fraction of sp³-hybridized carbons (Fsp3) is 0.909. The first kappa shape index (κ1) is 28.9. The Morgan fingerprint density at radius 2 is 1.24 bits per heavy atom. The Balaban J connectivity index is 4.74. The van der Waals surface area contributed by atoms with Gasteiger partial charge in [0, 0.05) is 30.1 Å². The van der Waals surface area contributed by atoms with Crippen LogP contribution in [0.15, 0.2) is 0 Å². The molecule has 7 heteroatoms. The maximum absolute atomic E-state index is 12.3. The number of β-amino-alcohol motifs (C(OH)–C–C–N with tert-alkyl or cyclic N) is 2. The number of carbonyl (C=O) groups is 2. The maximum atomic E-state index is 12.3. The standard InChI is InChI=1S/C22H43NO4S2/c1-16(24)11-23(12-17(2)25)22(8,9)13-21(6,7)15-29-19(27)10-18(26)28-14-20(3,4)5/h16-17,24-25H,10-15H2,1-9H3. The third-order valence-electron chi connectivity index (χ3n) is 4.32. The van der Waals surface area contributed by atoms with Gasteiger partial charge in [-0.15, -0.1) is 0 Å². The number of aliphatic hydroxyl groups excluding tert-OH is 2. The highest BCUT2D eigenvalue weighted by Gasteiger charge is 2.35. The van der Waals surface area contributed by atoms with Gasteiger partial charge in [-0.25, -0.2) is 0 Å². The van der Waals surface area contributed by atoms with E-state index in [-0.39, 0.29) is 33.0 Å². The van der Waals surface area contributed by atoms with E-state index in [9.17, 15) is 19.8 Å². The molecular formula is C22H43NO4S2. The molecule has 0 heterocycles. The van der Waals surface area contributed by atoms with Crippen molar-refractivity contribution in [1.82, 2.24) is 4.90 Å². The summed E-state index contributed by atoms with van der Waals surface area (Å²) in [6, 6.07) is 0. The summed E-state index contributed by atoms with van der Waals surface area (Å²) in [4.78, 5) is 26.4. The molecule has 0 fully saturated rings. The summed E-state index contributed by atoms with van der Waals surface area (Å²) in [7, 11) is 0. The van der Waals surface area contributed by atoms with Crippen LogP contribution in [-0.2, 0) is 9.59 Å². The monoisotopic (exact) mass is 449 g/mol. The van der Waals surface area contributed by atoms with E-state index in [0.29, 0.717) is 24.6 Å². The zero-order valence-corrected chi connectivity index (χ0v) is 21.5. The van der Waals surface area contributed by atoms with Crippen LogP contribution in [0.25, 0.3) is 0 Å². The molecular weight excluding hydrogens is 406 g/mol. The summed E-state index contributed by atoms with van der Waals surface area (Å²) in [5.41, 5.74) is -0.325. The minimum Gasteiger partial charge on any atom is -0.392 e. The molecule has 29 heavy (non-hydrogen) atoms. The Bertz CT molecular complexity index is 515. The number of carbonyl (C=O) groups excluding carboxylic acids is 2. The topological polar surface area (TPSA) is 77.8 Å².